The average molecular weight is 202 g/mol. The van der Waals surface area contributed by atoms with Crippen LogP contribution in [-0.2, 0) is 11.8 Å². The number of fused-ring (bicyclic) bond motifs is 1. The minimum absolute atomic E-state index is 0.619. The number of hydrogen-bond acceptors (Lipinski definition) is 2. The van der Waals surface area contributed by atoms with Crippen molar-refractivity contribution in [3.8, 4) is 0 Å². The molecular formula is C11H10N2O2. The Bertz CT molecular complexity index is 529. The molecule has 0 unspecified atom stereocenters. The standard InChI is InChI=1S/C11H10N2O2/c1-13-10(6-14)5-8-4-9(12-7-15)2-3-11(8)13/h2-7H,1H3,(H,12,15). The monoisotopic (exact) mass is 202 g/mol. The van der Waals surface area contributed by atoms with Crippen LogP contribution in [0.25, 0.3) is 10.9 Å². The van der Waals surface area contributed by atoms with Gasteiger partial charge in [-0.15, -0.1) is 0 Å². The van der Waals surface area contributed by atoms with Gasteiger partial charge in [0.15, 0.2) is 6.29 Å². The second-order valence-corrected chi connectivity index (χ2v) is 3.28. The maximum Gasteiger partial charge on any atom is 0.211 e. The molecule has 0 fully saturated rings. The van der Waals surface area contributed by atoms with Crippen molar-refractivity contribution < 1.29 is 9.59 Å². The fraction of sp³-hybridized carbons (Fsp3) is 0.0909. The predicted octanol–water partition coefficient (Wildman–Crippen LogP) is 1.56. The second kappa shape index (κ2) is 3.57. The summed E-state index contributed by atoms with van der Waals surface area (Å²) in [5.74, 6) is 0. The highest BCUT2D eigenvalue weighted by molar-refractivity contribution is 5.91. The Labute approximate surface area is 86.5 Å². The van der Waals surface area contributed by atoms with Crippen molar-refractivity contribution in [2.45, 2.75) is 0 Å². The molecule has 1 N–H and O–H groups in total. The van der Waals surface area contributed by atoms with Gasteiger partial charge < -0.3 is 9.88 Å². The molecule has 2 rings (SSSR count). The molecule has 76 valence electrons. The van der Waals surface area contributed by atoms with E-state index in [1.54, 1.807) is 12.1 Å². The van der Waals surface area contributed by atoms with Gasteiger partial charge in [-0.25, -0.2) is 0 Å². The van der Waals surface area contributed by atoms with Gasteiger partial charge in [0, 0.05) is 23.6 Å². The van der Waals surface area contributed by atoms with Crippen LogP contribution in [-0.4, -0.2) is 17.3 Å². The molecule has 1 heterocycles. The van der Waals surface area contributed by atoms with Crippen LogP contribution < -0.4 is 5.32 Å². The van der Waals surface area contributed by atoms with Crippen LogP contribution in [0.5, 0.6) is 0 Å². The largest absolute Gasteiger partial charge is 0.341 e. The van der Waals surface area contributed by atoms with E-state index in [9.17, 15) is 9.59 Å². The zero-order valence-electron chi connectivity index (χ0n) is 8.23. The second-order valence-electron chi connectivity index (χ2n) is 3.28. The molecule has 4 nitrogen and oxygen atoms in total. The van der Waals surface area contributed by atoms with Crippen LogP contribution in [0.1, 0.15) is 10.5 Å². The van der Waals surface area contributed by atoms with E-state index in [0.29, 0.717) is 12.1 Å². The van der Waals surface area contributed by atoms with Gasteiger partial charge >= 0.3 is 0 Å². The molecule has 0 aliphatic carbocycles. The molecule has 4 heteroatoms. The number of rotatable bonds is 3. The van der Waals surface area contributed by atoms with Crippen LogP contribution in [0.2, 0.25) is 0 Å². The third-order valence-corrected chi connectivity index (χ3v) is 2.43. The van der Waals surface area contributed by atoms with Gasteiger partial charge in [-0.3, -0.25) is 9.59 Å². The van der Waals surface area contributed by atoms with Gasteiger partial charge in [0.25, 0.3) is 0 Å². The Morgan fingerprint density at radius 2 is 2.07 bits per heavy atom. The number of aryl methyl sites for hydroxylation is 1. The molecule has 1 aromatic carbocycles. The lowest BCUT2D eigenvalue weighted by molar-refractivity contribution is -0.105. The highest BCUT2D eigenvalue weighted by Crippen LogP contribution is 2.21. The highest BCUT2D eigenvalue weighted by Gasteiger charge is 2.04. The molecular weight excluding hydrogens is 192 g/mol. The first-order valence-electron chi connectivity index (χ1n) is 4.51. The zero-order valence-corrected chi connectivity index (χ0v) is 8.23. The van der Waals surface area contributed by atoms with E-state index in [0.717, 1.165) is 22.9 Å². The van der Waals surface area contributed by atoms with Crippen LogP contribution >= 0.6 is 0 Å². The molecule has 0 saturated heterocycles. The van der Waals surface area contributed by atoms with Crippen LogP contribution in [0.15, 0.2) is 24.3 Å². The third kappa shape index (κ3) is 1.50. The van der Waals surface area contributed by atoms with Gasteiger partial charge in [0.1, 0.15) is 0 Å². The van der Waals surface area contributed by atoms with Gasteiger partial charge in [0.05, 0.1) is 5.69 Å². The fourth-order valence-corrected chi connectivity index (χ4v) is 1.64. The number of amides is 1. The molecule has 0 saturated carbocycles. The van der Waals surface area contributed by atoms with E-state index in [1.165, 1.54) is 0 Å². The van der Waals surface area contributed by atoms with Crippen LogP contribution in [0.3, 0.4) is 0 Å². The van der Waals surface area contributed by atoms with E-state index in [-0.39, 0.29) is 0 Å². The number of nitrogens with one attached hydrogen (secondary N) is 1. The molecule has 0 radical (unpaired) electrons. The number of aromatic nitrogens is 1. The lowest BCUT2D eigenvalue weighted by Crippen LogP contribution is -1.94. The Morgan fingerprint density at radius 1 is 1.27 bits per heavy atom. The minimum atomic E-state index is 0.619. The Morgan fingerprint density at radius 3 is 2.73 bits per heavy atom. The summed E-state index contributed by atoms with van der Waals surface area (Å²) in [6.45, 7) is 0. The highest BCUT2D eigenvalue weighted by atomic mass is 16.1. The fourth-order valence-electron chi connectivity index (χ4n) is 1.64. The summed E-state index contributed by atoms with van der Waals surface area (Å²) in [4.78, 5) is 21.0. The first kappa shape index (κ1) is 9.45. The van der Waals surface area contributed by atoms with E-state index in [1.807, 2.05) is 23.7 Å². The maximum absolute atomic E-state index is 10.7. The molecule has 0 bridgehead atoms. The number of hydrogen-bond donors (Lipinski definition) is 1. The summed E-state index contributed by atoms with van der Waals surface area (Å²) in [5, 5.41) is 3.50. The minimum Gasteiger partial charge on any atom is -0.341 e. The third-order valence-electron chi connectivity index (χ3n) is 2.43. The van der Waals surface area contributed by atoms with Crippen molar-refractivity contribution in [1.29, 1.82) is 0 Å². The Balaban J connectivity index is 2.62. The maximum atomic E-state index is 10.7. The smallest absolute Gasteiger partial charge is 0.211 e. The van der Waals surface area contributed by atoms with Crippen molar-refractivity contribution >= 4 is 29.3 Å². The van der Waals surface area contributed by atoms with Crippen molar-refractivity contribution in [2.75, 3.05) is 5.32 Å². The topological polar surface area (TPSA) is 51.1 Å². The summed E-state index contributed by atoms with van der Waals surface area (Å²) in [5.41, 5.74) is 2.31. The molecule has 0 aliphatic rings. The molecule has 0 atom stereocenters. The Kier molecular flexibility index (Phi) is 2.25. The number of anilines is 1. The lowest BCUT2D eigenvalue weighted by atomic mass is 10.2. The first-order chi connectivity index (χ1) is 7.26. The van der Waals surface area contributed by atoms with Crippen molar-refractivity contribution in [1.82, 2.24) is 4.57 Å². The molecule has 1 amide bonds. The van der Waals surface area contributed by atoms with Crippen molar-refractivity contribution in [3.63, 3.8) is 0 Å². The van der Waals surface area contributed by atoms with Crippen molar-refractivity contribution in [3.05, 3.63) is 30.0 Å². The van der Waals surface area contributed by atoms with Crippen molar-refractivity contribution in [2.24, 2.45) is 7.05 Å². The summed E-state index contributed by atoms with van der Waals surface area (Å²) in [7, 11) is 1.83. The normalized spacial score (nSPS) is 10.2. The van der Waals surface area contributed by atoms with E-state index in [2.05, 4.69) is 5.32 Å². The van der Waals surface area contributed by atoms with Gasteiger partial charge in [-0.2, -0.15) is 0 Å². The molecule has 15 heavy (non-hydrogen) atoms. The predicted molar refractivity (Wildman–Crippen MR) is 58.0 cm³/mol. The van der Waals surface area contributed by atoms with Crippen LogP contribution in [0.4, 0.5) is 5.69 Å². The number of nitrogens with zero attached hydrogens (tertiary/aromatic N) is 1. The first-order valence-corrected chi connectivity index (χ1v) is 4.51. The summed E-state index contributed by atoms with van der Waals surface area (Å²) >= 11 is 0. The lowest BCUT2D eigenvalue weighted by Gasteiger charge is -2.00. The SMILES string of the molecule is Cn1c(C=O)cc2cc(NC=O)ccc21. The summed E-state index contributed by atoms with van der Waals surface area (Å²) < 4.78 is 1.81. The number of carbonyl (C=O) groups excluding carboxylic acids is 2. The number of carbonyl (C=O) groups is 2. The molecule has 0 aliphatic heterocycles. The van der Waals surface area contributed by atoms with E-state index in [4.69, 9.17) is 0 Å². The van der Waals surface area contributed by atoms with Crippen LogP contribution in [0, 0.1) is 0 Å². The van der Waals surface area contributed by atoms with E-state index < -0.39 is 0 Å². The molecule has 2 aromatic rings. The average Bonchev–Trinajstić information content (AvgIpc) is 2.56. The van der Waals surface area contributed by atoms with E-state index >= 15 is 0 Å². The Hall–Kier alpha value is -2.10. The zero-order chi connectivity index (χ0) is 10.8. The van der Waals surface area contributed by atoms with Gasteiger partial charge in [-0.1, -0.05) is 0 Å². The quantitative estimate of drug-likeness (QED) is 0.768. The number of aldehydes is 1. The molecule has 0 spiro atoms. The van der Waals surface area contributed by atoms with Gasteiger partial charge in [0.2, 0.25) is 6.41 Å². The summed E-state index contributed by atoms with van der Waals surface area (Å²) in [6.07, 6.45) is 1.44. The molecule has 1 aromatic heterocycles. The van der Waals surface area contributed by atoms with Gasteiger partial charge in [-0.05, 0) is 24.3 Å². The number of benzene rings is 1. The summed E-state index contributed by atoms with van der Waals surface area (Å²) in [6, 6.07) is 7.29.